The average Bonchev–Trinajstić information content (AvgIpc) is 2.05. The van der Waals surface area contributed by atoms with Gasteiger partial charge in [-0.2, -0.15) is 0 Å². The fraction of sp³-hybridized carbons (Fsp3) is 0.700. The molecule has 3 aliphatic carbocycles. The Bertz CT molecular complexity index is 246. The number of carbonyl (C=O) groups excluding carboxylic acids is 1. The van der Waals surface area contributed by atoms with Crippen molar-refractivity contribution in [3.63, 3.8) is 0 Å². The smallest absolute Gasteiger partial charge is 0.223 e. The van der Waals surface area contributed by atoms with Crippen LogP contribution in [-0.4, -0.2) is 5.91 Å². The van der Waals surface area contributed by atoms with Gasteiger partial charge in [-0.1, -0.05) is 19.1 Å². The van der Waals surface area contributed by atoms with E-state index in [4.69, 9.17) is 5.73 Å². The number of primary amides is 1. The largest absolute Gasteiger partial charge is 0.369 e. The third-order valence-corrected chi connectivity index (χ3v) is 3.53. The first-order valence-electron chi connectivity index (χ1n) is 4.61. The first-order chi connectivity index (χ1) is 5.63. The molecule has 3 unspecified atom stereocenters. The summed E-state index contributed by atoms with van der Waals surface area (Å²) in [5, 5.41) is 0. The van der Waals surface area contributed by atoms with Crippen LogP contribution in [0.25, 0.3) is 0 Å². The van der Waals surface area contributed by atoms with Gasteiger partial charge in [0.05, 0.1) is 5.41 Å². The molecule has 0 aliphatic heterocycles. The van der Waals surface area contributed by atoms with Gasteiger partial charge < -0.3 is 5.73 Å². The molecule has 3 rings (SSSR count). The average molecular weight is 165 g/mol. The highest BCUT2D eigenvalue weighted by molar-refractivity contribution is 5.81. The highest BCUT2D eigenvalue weighted by Gasteiger charge is 2.45. The van der Waals surface area contributed by atoms with E-state index in [9.17, 15) is 4.79 Å². The van der Waals surface area contributed by atoms with Gasteiger partial charge in [-0.25, -0.2) is 0 Å². The molecule has 0 spiro atoms. The van der Waals surface area contributed by atoms with E-state index < -0.39 is 0 Å². The van der Waals surface area contributed by atoms with Gasteiger partial charge in [0.25, 0.3) is 0 Å². The van der Waals surface area contributed by atoms with Crippen molar-refractivity contribution in [1.29, 1.82) is 0 Å². The summed E-state index contributed by atoms with van der Waals surface area (Å²) in [7, 11) is 0. The van der Waals surface area contributed by atoms with Crippen LogP contribution in [0.3, 0.4) is 0 Å². The number of allylic oxidation sites excluding steroid dienone is 2. The monoisotopic (exact) mass is 165 g/mol. The fourth-order valence-electron chi connectivity index (χ4n) is 2.56. The Morgan fingerprint density at radius 1 is 1.50 bits per heavy atom. The quantitative estimate of drug-likeness (QED) is 0.587. The molecule has 0 saturated heterocycles. The Labute approximate surface area is 72.8 Å². The first-order valence-corrected chi connectivity index (χ1v) is 4.61. The molecule has 0 heterocycles. The molecule has 0 aromatic carbocycles. The van der Waals surface area contributed by atoms with Crippen LogP contribution in [-0.2, 0) is 4.79 Å². The summed E-state index contributed by atoms with van der Waals surface area (Å²) in [6, 6.07) is 0. The molecule has 0 aromatic heterocycles. The van der Waals surface area contributed by atoms with Crippen molar-refractivity contribution in [1.82, 2.24) is 0 Å². The van der Waals surface area contributed by atoms with E-state index in [1.165, 1.54) is 6.42 Å². The fourth-order valence-corrected chi connectivity index (χ4v) is 2.56. The number of carbonyl (C=O) groups is 1. The van der Waals surface area contributed by atoms with Gasteiger partial charge in [0.15, 0.2) is 0 Å². The topological polar surface area (TPSA) is 43.1 Å². The van der Waals surface area contributed by atoms with Crippen molar-refractivity contribution in [3.8, 4) is 0 Å². The third kappa shape index (κ3) is 0.904. The molecule has 66 valence electrons. The molecular formula is C10H15NO. The summed E-state index contributed by atoms with van der Waals surface area (Å²) in [6.07, 6.45) is 7.77. The van der Waals surface area contributed by atoms with Crippen LogP contribution in [0.5, 0.6) is 0 Å². The molecule has 12 heavy (non-hydrogen) atoms. The molecule has 2 nitrogen and oxygen atoms in total. The lowest BCUT2D eigenvalue weighted by Crippen LogP contribution is -2.46. The lowest BCUT2D eigenvalue weighted by Gasteiger charge is -2.44. The Morgan fingerprint density at radius 2 is 2.25 bits per heavy atom. The highest BCUT2D eigenvalue weighted by Crippen LogP contribution is 2.48. The molecule has 2 heteroatoms. The second-order valence-electron chi connectivity index (χ2n) is 4.31. The van der Waals surface area contributed by atoms with Crippen LogP contribution >= 0.6 is 0 Å². The van der Waals surface area contributed by atoms with E-state index in [0.29, 0.717) is 11.8 Å². The van der Waals surface area contributed by atoms with Gasteiger partial charge in [-0.3, -0.25) is 4.79 Å². The van der Waals surface area contributed by atoms with Crippen LogP contribution in [0.1, 0.15) is 26.2 Å². The van der Waals surface area contributed by atoms with Crippen molar-refractivity contribution in [3.05, 3.63) is 12.2 Å². The van der Waals surface area contributed by atoms with E-state index >= 15 is 0 Å². The maximum atomic E-state index is 11.3. The maximum Gasteiger partial charge on any atom is 0.223 e. The number of rotatable bonds is 1. The predicted molar refractivity (Wildman–Crippen MR) is 47.3 cm³/mol. The molecular weight excluding hydrogens is 150 g/mol. The maximum absolute atomic E-state index is 11.3. The minimum Gasteiger partial charge on any atom is -0.369 e. The summed E-state index contributed by atoms with van der Waals surface area (Å²) in [6.45, 7) is 2.01. The van der Waals surface area contributed by atoms with Crippen molar-refractivity contribution < 1.29 is 4.79 Å². The zero-order chi connectivity index (χ0) is 8.77. The molecule has 1 amide bonds. The van der Waals surface area contributed by atoms with Crippen molar-refractivity contribution in [2.45, 2.75) is 26.2 Å². The number of nitrogens with two attached hydrogens (primary N) is 1. The molecule has 2 bridgehead atoms. The van der Waals surface area contributed by atoms with E-state index in [2.05, 4.69) is 12.2 Å². The standard InChI is InChI=1S/C10H15NO/c1-10(9(11)12)6-7-2-4-8(10)5-3-7/h2,4,7-8H,3,5-6H2,1H3,(H2,11,12). The lowest BCUT2D eigenvalue weighted by atomic mass is 9.60. The molecule has 3 aliphatic rings. The van der Waals surface area contributed by atoms with Gasteiger partial charge in [0.2, 0.25) is 5.91 Å². The van der Waals surface area contributed by atoms with Crippen LogP contribution in [0.4, 0.5) is 0 Å². The van der Waals surface area contributed by atoms with Crippen molar-refractivity contribution >= 4 is 5.91 Å². The van der Waals surface area contributed by atoms with E-state index in [-0.39, 0.29) is 11.3 Å². The minimum absolute atomic E-state index is 0.124. The number of hydrogen-bond donors (Lipinski definition) is 1. The Kier molecular flexibility index (Phi) is 1.53. The second kappa shape index (κ2) is 2.35. The Balaban J connectivity index is 2.31. The predicted octanol–water partition coefficient (Wildman–Crippen LogP) is 1.46. The Hall–Kier alpha value is -0.790. The van der Waals surface area contributed by atoms with Gasteiger partial charge in [-0.15, -0.1) is 0 Å². The van der Waals surface area contributed by atoms with Gasteiger partial charge >= 0.3 is 0 Å². The number of fused-ring (bicyclic) bond motifs is 2. The summed E-state index contributed by atoms with van der Waals surface area (Å²) in [5.74, 6) is 0.883. The van der Waals surface area contributed by atoms with Gasteiger partial charge in [0.1, 0.15) is 0 Å². The molecule has 1 saturated carbocycles. The second-order valence-corrected chi connectivity index (χ2v) is 4.31. The molecule has 2 N–H and O–H groups in total. The van der Waals surface area contributed by atoms with Crippen LogP contribution in [0.15, 0.2) is 12.2 Å². The molecule has 3 atom stereocenters. The summed E-state index contributed by atoms with van der Waals surface area (Å²) >= 11 is 0. The first kappa shape index (κ1) is 7.84. The van der Waals surface area contributed by atoms with Crippen molar-refractivity contribution in [2.24, 2.45) is 23.0 Å². The summed E-state index contributed by atoms with van der Waals surface area (Å²) in [4.78, 5) is 11.3. The van der Waals surface area contributed by atoms with Gasteiger partial charge in [-0.05, 0) is 31.1 Å². The van der Waals surface area contributed by atoms with E-state index in [1.54, 1.807) is 0 Å². The molecule has 0 radical (unpaired) electrons. The zero-order valence-electron chi connectivity index (χ0n) is 7.42. The van der Waals surface area contributed by atoms with Gasteiger partial charge in [0, 0.05) is 0 Å². The SMILES string of the molecule is CC1(C(N)=O)CC2C=CC1CC2. The van der Waals surface area contributed by atoms with Crippen molar-refractivity contribution in [2.75, 3.05) is 0 Å². The van der Waals surface area contributed by atoms with E-state index in [1.807, 2.05) is 6.92 Å². The number of amides is 1. The van der Waals surface area contributed by atoms with Crippen LogP contribution in [0.2, 0.25) is 0 Å². The highest BCUT2D eigenvalue weighted by atomic mass is 16.1. The third-order valence-electron chi connectivity index (χ3n) is 3.53. The summed E-state index contributed by atoms with van der Waals surface area (Å²) < 4.78 is 0. The normalized spacial score (nSPS) is 44.8. The molecule has 0 aromatic rings. The number of hydrogen-bond acceptors (Lipinski definition) is 1. The molecule has 1 fully saturated rings. The zero-order valence-corrected chi connectivity index (χ0v) is 7.42. The summed E-state index contributed by atoms with van der Waals surface area (Å²) in [5.41, 5.74) is 5.16. The Morgan fingerprint density at radius 3 is 2.50 bits per heavy atom. The lowest BCUT2D eigenvalue weighted by molar-refractivity contribution is -0.131. The van der Waals surface area contributed by atoms with Crippen LogP contribution in [0, 0.1) is 17.3 Å². The van der Waals surface area contributed by atoms with Crippen LogP contribution < -0.4 is 5.73 Å². The minimum atomic E-state index is -0.252. The van der Waals surface area contributed by atoms with E-state index in [0.717, 1.165) is 12.8 Å².